The molecule has 148 valence electrons. The van der Waals surface area contributed by atoms with E-state index in [-0.39, 0.29) is 18.0 Å². The number of nitrogens with one attached hydrogen (secondary N) is 1. The van der Waals surface area contributed by atoms with Crippen LogP contribution in [0.15, 0.2) is 30.3 Å². The molecule has 2 aliphatic rings. The highest BCUT2D eigenvalue weighted by molar-refractivity contribution is 5.74. The van der Waals surface area contributed by atoms with E-state index in [9.17, 15) is 9.59 Å². The van der Waals surface area contributed by atoms with E-state index in [4.69, 9.17) is 5.11 Å². The molecular formula is C21H31N3O3. The van der Waals surface area contributed by atoms with Gasteiger partial charge in [-0.05, 0) is 37.2 Å². The first kappa shape index (κ1) is 19.7. The smallest absolute Gasteiger partial charge is 0.317 e. The molecule has 0 spiro atoms. The number of aliphatic carboxylic acids is 1. The quantitative estimate of drug-likeness (QED) is 0.851. The van der Waals surface area contributed by atoms with Crippen LogP contribution in [0.5, 0.6) is 0 Å². The Bertz CT molecular complexity index is 629. The van der Waals surface area contributed by atoms with Crippen molar-refractivity contribution in [1.29, 1.82) is 0 Å². The van der Waals surface area contributed by atoms with Gasteiger partial charge in [0, 0.05) is 38.8 Å². The van der Waals surface area contributed by atoms with Crippen molar-refractivity contribution >= 4 is 12.0 Å². The molecule has 1 aliphatic heterocycles. The summed E-state index contributed by atoms with van der Waals surface area (Å²) >= 11 is 0. The summed E-state index contributed by atoms with van der Waals surface area (Å²) in [6.07, 6.45) is 2.82. The molecule has 1 saturated carbocycles. The lowest BCUT2D eigenvalue weighted by atomic mass is 9.86. The van der Waals surface area contributed by atoms with E-state index in [1.54, 1.807) is 0 Å². The number of hydrogen-bond acceptors (Lipinski definition) is 3. The summed E-state index contributed by atoms with van der Waals surface area (Å²) in [4.78, 5) is 28.1. The van der Waals surface area contributed by atoms with Crippen LogP contribution in [-0.2, 0) is 11.3 Å². The average Bonchev–Trinajstić information content (AvgIpc) is 2.84. The van der Waals surface area contributed by atoms with E-state index in [1.165, 1.54) is 5.56 Å². The van der Waals surface area contributed by atoms with E-state index in [1.807, 2.05) is 11.0 Å². The van der Waals surface area contributed by atoms with Gasteiger partial charge in [0.05, 0.1) is 5.92 Å². The molecule has 1 aromatic rings. The lowest BCUT2D eigenvalue weighted by Gasteiger charge is -2.30. The summed E-state index contributed by atoms with van der Waals surface area (Å²) in [5.74, 6) is -0.535. The standard InChI is InChI=1S/C21H31N3O3/c1-16-13-23(15-17-5-3-2-4-6-17)11-12-24(14-16)21(27)22-19-9-7-18(8-10-19)20(25)26/h2-6,16,18-19H,7-15H2,1H3,(H,22,27)(H,25,26). The minimum atomic E-state index is -0.709. The zero-order chi connectivity index (χ0) is 19.2. The van der Waals surface area contributed by atoms with Crippen molar-refractivity contribution in [2.45, 2.75) is 45.2 Å². The molecule has 0 radical (unpaired) electrons. The first-order valence-corrected chi connectivity index (χ1v) is 10.1. The Hall–Kier alpha value is -2.08. The zero-order valence-electron chi connectivity index (χ0n) is 16.1. The molecule has 1 aromatic carbocycles. The van der Waals surface area contributed by atoms with Crippen molar-refractivity contribution in [1.82, 2.24) is 15.1 Å². The highest BCUT2D eigenvalue weighted by Gasteiger charge is 2.29. The first-order valence-electron chi connectivity index (χ1n) is 10.1. The lowest BCUT2D eigenvalue weighted by molar-refractivity contribution is -0.142. The SMILES string of the molecule is CC1CN(Cc2ccccc2)CCN(C(=O)NC2CCC(C(=O)O)CC2)C1. The molecule has 6 heteroatoms. The Balaban J connectivity index is 1.49. The van der Waals surface area contributed by atoms with E-state index in [0.29, 0.717) is 18.8 Å². The van der Waals surface area contributed by atoms with Gasteiger partial charge in [0.25, 0.3) is 0 Å². The van der Waals surface area contributed by atoms with Gasteiger partial charge in [-0.25, -0.2) is 4.79 Å². The van der Waals surface area contributed by atoms with Crippen LogP contribution >= 0.6 is 0 Å². The maximum atomic E-state index is 12.7. The fraction of sp³-hybridized carbons (Fsp3) is 0.619. The van der Waals surface area contributed by atoms with Gasteiger partial charge in [0.15, 0.2) is 0 Å². The summed E-state index contributed by atoms with van der Waals surface area (Å²) in [6.45, 7) is 6.47. The molecule has 2 N–H and O–H groups in total. The van der Waals surface area contributed by atoms with Crippen molar-refractivity contribution < 1.29 is 14.7 Å². The normalized spacial score (nSPS) is 27.0. The summed E-state index contributed by atoms with van der Waals surface area (Å²) in [5, 5.41) is 12.2. The summed E-state index contributed by atoms with van der Waals surface area (Å²) in [6, 6.07) is 10.6. The summed E-state index contributed by atoms with van der Waals surface area (Å²) < 4.78 is 0. The molecule has 1 saturated heterocycles. The van der Waals surface area contributed by atoms with Crippen molar-refractivity contribution in [3.05, 3.63) is 35.9 Å². The highest BCUT2D eigenvalue weighted by atomic mass is 16.4. The number of carbonyl (C=O) groups excluding carboxylic acids is 1. The van der Waals surface area contributed by atoms with Gasteiger partial charge in [-0.15, -0.1) is 0 Å². The van der Waals surface area contributed by atoms with E-state index in [0.717, 1.165) is 45.6 Å². The molecule has 1 atom stereocenters. The van der Waals surface area contributed by atoms with E-state index in [2.05, 4.69) is 41.4 Å². The molecule has 1 heterocycles. The molecule has 3 rings (SSSR count). The highest BCUT2D eigenvalue weighted by Crippen LogP contribution is 2.24. The molecular weight excluding hydrogens is 342 g/mol. The van der Waals surface area contributed by atoms with Crippen LogP contribution < -0.4 is 5.32 Å². The molecule has 6 nitrogen and oxygen atoms in total. The monoisotopic (exact) mass is 373 g/mol. The second-order valence-electron chi connectivity index (χ2n) is 8.11. The van der Waals surface area contributed by atoms with E-state index < -0.39 is 5.97 Å². The number of amides is 2. The minimum absolute atomic E-state index is 0.00202. The Kier molecular flexibility index (Phi) is 6.72. The molecule has 1 unspecified atom stereocenters. The van der Waals surface area contributed by atoms with Crippen LogP contribution in [0.2, 0.25) is 0 Å². The molecule has 0 aromatic heterocycles. The van der Waals surface area contributed by atoms with Crippen molar-refractivity contribution in [2.75, 3.05) is 26.2 Å². The molecule has 27 heavy (non-hydrogen) atoms. The van der Waals surface area contributed by atoms with Gasteiger partial charge in [0.1, 0.15) is 0 Å². The lowest BCUT2D eigenvalue weighted by Crippen LogP contribution is -2.48. The predicted octanol–water partition coefficient (Wildman–Crippen LogP) is 2.79. The maximum Gasteiger partial charge on any atom is 0.317 e. The predicted molar refractivity (Wildman–Crippen MR) is 104 cm³/mol. The Morgan fingerprint density at radius 2 is 1.78 bits per heavy atom. The largest absolute Gasteiger partial charge is 0.481 e. The van der Waals surface area contributed by atoms with Crippen molar-refractivity contribution in [3.8, 4) is 0 Å². The fourth-order valence-corrected chi connectivity index (χ4v) is 4.24. The minimum Gasteiger partial charge on any atom is -0.481 e. The van der Waals surface area contributed by atoms with Crippen LogP contribution in [-0.4, -0.2) is 59.1 Å². The number of carboxylic acids is 1. The third-order valence-electron chi connectivity index (χ3n) is 5.73. The van der Waals surface area contributed by atoms with Gasteiger partial charge >= 0.3 is 12.0 Å². The Morgan fingerprint density at radius 1 is 1.07 bits per heavy atom. The topological polar surface area (TPSA) is 72.9 Å². The van der Waals surface area contributed by atoms with Crippen LogP contribution in [0.3, 0.4) is 0 Å². The number of carbonyl (C=O) groups is 2. The van der Waals surface area contributed by atoms with Gasteiger partial charge in [-0.2, -0.15) is 0 Å². The number of carboxylic acid groups (broad SMARTS) is 1. The summed E-state index contributed by atoms with van der Waals surface area (Å²) in [5.41, 5.74) is 1.30. The molecule has 2 fully saturated rings. The second kappa shape index (κ2) is 9.22. The van der Waals surface area contributed by atoms with Gasteiger partial charge < -0.3 is 15.3 Å². The number of benzene rings is 1. The van der Waals surface area contributed by atoms with Crippen LogP contribution in [0.25, 0.3) is 0 Å². The van der Waals surface area contributed by atoms with Crippen molar-refractivity contribution in [2.24, 2.45) is 11.8 Å². The number of nitrogens with zero attached hydrogens (tertiary/aromatic N) is 2. The van der Waals surface area contributed by atoms with Crippen LogP contribution in [0.1, 0.15) is 38.2 Å². The molecule has 2 amide bonds. The average molecular weight is 373 g/mol. The Labute approximate surface area is 161 Å². The maximum absolute atomic E-state index is 12.7. The molecule has 0 bridgehead atoms. The summed E-state index contributed by atoms with van der Waals surface area (Å²) in [7, 11) is 0. The second-order valence-corrected chi connectivity index (χ2v) is 8.11. The number of rotatable bonds is 4. The third kappa shape index (κ3) is 5.70. The van der Waals surface area contributed by atoms with E-state index >= 15 is 0 Å². The Morgan fingerprint density at radius 3 is 2.44 bits per heavy atom. The van der Waals surface area contributed by atoms with Crippen LogP contribution in [0.4, 0.5) is 4.79 Å². The number of hydrogen-bond donors (Lipinski definition) is 2. The van der Waals surface area contributed by atoms with Crippen LogP contribution in [0, 0.1) is 11.8 Å². The zero-order valence-corrected chi connectivity index (χ0v) is 16.1. The van der Waals surface area contributed by atoms with Crippen molar-refractivity contribution in [3.63, 3.8) is 0 Å². The molecule has 1 aliphatic carbocycles. The fourth-order valence-electron chi connectivity index (χ4n) is 4.24. The van der Waals surface area contributed by atoms with Gasteiger partial charge in [-0.1, -0.05) is 37.3 Å². The van der Waals surface area contributed by atoms with Gasteiger partial charge in [0.2, 0.25) is 0 Å². The van der Waals surface area contributed by atoms with Gasteiger partial charge in [-0.3, -0.25) is 9.69 Å². The number of urea groups is 1. The third-order valence-corrected chi connectivity index (χ3v) is 5.73. The first-order chi connectivity index (χ1) is 13.0.